The van der Waals surface area contributed by atoms with Gasteiger partial charge in [-0.25, -0.2) is 12.8 Å². The van der Waals surface area contributed by atoms with Crippen molar-refractivity contribution in [3.05, 3.63) is 121 Å². The zero-order valence-electron chi connectivity index (χ0n) is 25.7. The van der Waals surface area contributed by atoms with Crippen LogP contribution in [0.1, 0.15) is 44.6 Å². The van der Waals surface area contributed by atoms with Crippen LogP contribution >= 0.6 is 0 Å². The van der Waals surface area contributed by atoms with Crippen molar-refractivity contribution in [2.45, 2.75) is 62.6 Å². The van der Waals surface area contributed by atoms with Crippen LogP contribution in [0.15, 0.2) is 114 Å². The second kappa shape index (κ2) is 15.1. The predicted octanol–water partition coefficient (Wildman–Crippen LogP) is 6.68. The zero-order chi connectivity index (χ0) is 32.5. The summed E-state index contributed by atoms with van der Waals surface area (Å²) in [5.41, 5.74) is 0.865. The fourth-order valence-corrected chi connectivity index (χ4v) is 7.06. The van der Waals surface area contributed by atoms with Gasteiger partial charge in [-0.05, 0) is 85.5 Å². The van der Waals surface area contributed by atoms with E-state index in [1.54, 1.807) is 54.6 Å². The molecule has 2 amide bonds. The van der Waals surface area contributed by atoms with Crippen molar-refractivity contribution < 1.29 is 27.1 Å². The summed E-state index contributed by atoms with van der Waals surface area (Å²) in [6.45, 7) is 1.25. The van der Waals surface area contributed by atoms with Gasteiger partial charge in [0.2, 0.25) is 11.8 Å². The average molecular weight is 644 g/mol. The molecule has 0 bridgehead atoms. The number of carbonyl (C=O) groups is 2. The number of amides is 2. The van der Waals surface area contributed by atoms with Crippen molar-refractivity contribution in [1.82, 2.24) is 10.2 Å². The van der Waals surface area contributed by atoms with Gasteiger partial charge in [-0.3, -0.25) is 13.9 Å². The van der Waals surface area contributed by atoms with E-state index < -0.39 is 34.3 Å². The summed E-state index contributed by atoms with van der Waals surface area (Å²) in [4.78, 5) is 29.3. The fraction of sp³-hybridized carbons (Fsp3) is 0.278. The van der Waals surface area contributed by atoms with Gasteiger partial charge < -0.3 is 15.0 Å². The minimum Gasteiger partial charge on any atom is -0.457 e. The topological polar surface area (TPSA) is 96.0 Å². The van der Waals surface area contributed by atoms with E-state index >= 15 is 0 Å². The van der Waals surface area contributed by atoms with Crippen molar-refractivity contribution in [2.24, 2.45) is 0 Å². The zero-order valence-corrected chi connectivity index (χ0v) is 26.5. The van der Waals surface area contributed by atoms with Crippen LogP contribution in [0.25, 0.3) is 0 Å². The first-order valence-electron chi connectivity index (χ1n) is 15.5. The lowest BCUT2D eigenvalue weighted by molar-refractivity contribution is -0.140. The van der Waals surface area contributed by atoms with E-state index in [0.29, 0.717) is 23.5 Å². The molecule has 5 rings (SSSR count). The molecule has 0 saturated heterocycles. The summed E-state index contributed by atoms with van der Waals surface area (Å²) in [6.07, 6.45) is 4.12. The monoisotopic (exact) mass is 643 g/mol. The highest BCUT2D eigenvalue weighted by Gasteiger charge is 2.34. The first-order valence-corrected chi connectivity index (χ1v) is 16.9. The number of hydrogen-bond donors (Lipinski definition) is 1. The molecule has 240 valence electrons. The Morgan fingerprint density at radius 2 is 1.43 bits per heavy atom. The first kappa shape index (κ1) is 32.7. The molecule has 1 aliphatic rings. The molecule has 46 heavy (non-hydrogen) atoms. The van der Waals surface area contributed by atoms with Crippen LogP contribution in [0.2, 0.25) is 0 Å². The molecule has 0 aromatic heterocycles. The fourth-order valence-electron chi connectivity index (χ4n) is 5.63. The molecule has 1 atom stereocenters. The third kappa shape index (κ3) is 8.11. The summed E-state index contributed by atoms with van der Waals surface area (Å²) in [7, 11) is -4.21. The molecule has 0 radical (unpaired) electrons. The average Bonchev–Trinajstić information content (AvgIpc) is 3.58. The number of para-hydroxylation sites is 1. The maximum atomic E-state index is 14.3. The van der Waals surface area contributed by atoms with Crippen molar-refractivity contribution >= 4 is 27.5 Å². The number of hydrogen-bond acceptors (Lipinski definition) is 5. The van der Waals surface area contributed by atoms with E-state index in [0.717, 1.165) is 30.0 Å². The van der Waals surface area contributed by atoms with Gasteiger partial charge in [-0.15, -0.1) is 0 Å². The molecule has 0 heterocycles. The molecule has 8 nitrogen and oxygen atoms in total. The number of ether oxygens (including phenoxy) is 1. The molecule has 1 fully saturated rings. The van der Waals surface area contributed by atoms with E-state index in [4.69, 9.17) is 4.74 Å². The Balaban J connectivity index is 1.47. The predicted molar refractivity (Wildman–Crippen MR) is 175 cm³/mol. The molecule has 1 N–H and O–H groups in total. The third-order valence-corrected chi connectivity index (χ3v) is 9.86. The number of nitrogens with zero attached hydrogens (tertiary/aromatic N) is 2. The largest absolute Gasteiger partial charge is 0.457 e. The van der Waals surface area contributed by atoms with E-state index in [-0.39, 0.29) is 29.1 Å². The maximum absolute atomic E-state index is 14.3. The lowest BCUT2D eigenvalue weighted by Crippen LogP contribution is -2.53. The number of rotatable bonds is 13. The van der Waals surface area contributed by atoms with Crippen molar-refractivity contribution in [1.29, 1.82) is 0 Å². The van der Waals surface area contributed by atoms with Gasteiger partial charge in [-0.2, -0.15) is 0 Å². The van der Waals surface area contributed by atoms with Gasteiger partial charge in [-0.1, -0.05) is 68.3 Å². The molecule has 1 saturated carbocycles. The molecule has 10 heteroatoms. The van der Waals surface area contributed by atoms with Crippen molar-refractivity contribution in [3.63, 3.8) is 0 Å². The second-order valence-corrected chi connectivity index (χ2v) is 13.2. The first-order chi connectivity index (χ1) is 22.2. The highest BCUT2D eigenvalue weighted by atomic mass is 32.2. The summed E-state index contributed by atoms with van der Waals surface area (Å²) < 4.78 is 48.8. The Kier molecular flexibility index (Phi) is 10.7. The minimum absolute atomic E-state index is 0.00121. The lowest BCUT2D eigenvalue weighted by Gasteiger charge is -2.33. The smallest absolute Gasteiger partial charge is 0.264 e. The SMILES string of the molecule is CC[C@@H](C(=O)NC1CCCC1)N(Cc1ccc(F)cc1)C(=O)CN(c1ccc(Oc2ccccc2)cc1)S(=O)(=O)c1ccccc1. The van der Waals surface area contributed by atoms with E-state index in [2.05, 4.69) is 5.32 Å². The van der Waals surface area contributed by atoms with Crippen molar-refractivity contribution in [3.8, 4) is 11.5 Å². The normalized spacial score (nSPS) is 14.0. The standard InChI is InChI=1S/C36H38FN3O5S/c1-2-34(36(42)38-29-11-9-10-12-29)39(25-27-17-19-28(37)20-18-27)35(41)26-40(46(43,44)33-15-7-4-8-16-33)30-21-23-32(24-22-30)45-31-13-5-3-6-14-31/h3-8,13-24,29,34H,2,9-12,25-26H2,1H3,(H,38,42)/t34-/m0/s1. The van der Waals surface area contributed by atoms with Crippen LogP contribution < -0.4 is 14.4 Å². The molecule has 0 aliphatic heterocycles. The Morgan fingerprint density at radius 1 is 0.848 bits per heavy atom. The number of anilines is 1. The number of benzene rings is 4. The summed E-state index contributed by atoms with van der Waals surface area (Å²) in [5, 5.41) is 3.09. The van der Waals surface area contributed by atoms with Gasteiger partial charge in [0, 0.05) is 12.6 Å². The Labute approximate surface area is 269 Å². The summed E-state index contributed by atoms with van der Waals surface area (Å²) in [5.74, 6) is -0.165. The molecule has 0 spiro atoms. The lowest BCUT2D eigenvalue weighted by atomic mass is 10.1. The number of nitrogens with one attached hydrogen (secondary N) is 1. The molecule has 4 aromatic carbocycles. The van der Waals surface area contributed by atoms with Gasteiger partial charge in [0.25, 0.3) is 10.0 Å². The molecule has 0 unspecified atom stereocenters. The van der Waals surface area contributed by atoms with Crippen LogP contribution in [-0.2, 0) is 26.2 Å². The Bertz CT molecular complexity index is 1700. The number of carbonyl (C=O) groups excluding carboxylic acids is 2. The van der Waals surface area contributed by atoms with E-state index in [9.17, 15) is 22.4 Å². The highest BCUT2D eigenvalue weighted by Crippen LogP contribution is 2.29. The van der Waals surface area contributed by atoms with Crippen molar-refractivity contribution in [2.75, 3.05) is 10.8 Å². The second-order valence-electron chi connectivity index (χ2n) is 11.3. The van der Waals surface area contributed by atoms with E-state index in [1.165, 1.54) is 29.2 Å². The van der Waals surface area contributed by atoms with Crippen LogP contribution in [0.4, 0.5) is 10.1 Å². The highest BCUT2D eigenvalue weighted by molar-refractivity contribution is 7.92. The van der Waals surface area contributed by atoms with Gasteiger partial charge in [0.1, 0.15) is 29.9 Å². The molecular weight excluding hydrogens is 605 g/mol. The van der Waals surface area contributed by atoms with Gasteiger partial charge in [0.15, 0.2) is 0 Å². The number of halogens is 1. The molecule has 1 aliphatic carbocycles. The number of sulfonamides is 1. The Hall–Kier alpha value is -4.70. The van der Waals surface area contributed by atoms with Gasteiger partial charge in [0.05, 0.1) is 10.6 Å². The summed E-state index contributed by atoms with van der Waals surface area (Å²) in [6, 6.07) is 28.4. The maximum Gasteiger partial charge on any atom is 0.264 e. The molecular formula is C36H38FN3O5S. The quantitative estimate of drug-likeness (QED) is 0.175. The molecule has 4 aromatic rings. The third-order valence-electron chi connectivity index (χ3n) is 8.07. The van der Waals surface area contributed by atoms with E-state index in [1.807, 2.05) is 37.3 Å². The van der Waals surface area contributed by atoms with Crippen LogP contribution in [0.5, 0.6) is 11.5 Å². The van der Waals surface area contributed by atoms with Crippen LogP contribution in [0.3, 0.4) is 0 Å². The minimum atomic E-state index is -4.21. The van der Waals surface area contributed by atoms with Gasteiger partial charge >= 0.3 is 0 Å². The summed E-state index contributed by atoms with van der Waals surface area (Å²) >= 11 is 0. The Morgan fingerprint density at radius 3 is 2.04 bits per heavy atom. The van der Waals surface area contributed by atoms with Crippen LogP contribution in [-0.4, -0.2) is 43.8 Å². The van der Waals surface area contributed by atoms with Crippen LogP contribution in [0, 0.1) is 5.82 Å².